The van der Waals surface area contributed by atoms with Gasteiger partial charge in [-0.3, -0.25) is 4.21 Å². The van der Waals surface area contributed by atoms with Crippen molar-refractivity contribution in [1.29, 1.82) is 0 Å². The van der Waals surface area contributed by atoms with Crippen LogP contribution in [-0.2, 0) is 10.8 Å². The highest BCUT2D eigenvalue weighted by Gasteiger charge is 2.16. The molecule has 0 aliphatic rings. The topological polar surface area (TPSA) is 17.1 Å². The fourth-order valence-electron chi connectivity index (χ4n) is 1.02. The van der Waals surface area contributed by atoms with E-state index >= 15 is 0 Å². The molecule has 1 unspecified atom stereocenters. The van der Waals surface area contributed by atoms with Crippen LogP contribution in [-0.4, -0.2) is 8.96 Å². The first kappa shape index (κ1) is 12.2. The Morgan fingerprint density at radius 2 is 1.67 bits per heavy atom. The van der Waals surface area contributed by atoms with Gasteiger partial charge in [0, 0.05) is 10.2 Å². The number of rotatable bonds is 2. The van der Waals surface area contributed by atoms with Crippen molar-refractivity contribution in [2.75, 3.05) is 0 Å². The molecule has 0 saturated heterocycles. The van der Waals surface area contributed by atoms with Crippen molar-refractivity contribution in [3.05, 3.63) is 40.8 Å². The highest BCUT2D eigenvalue weighted by molar-refractivity contribution is 7.89. The van der Waals surface area contributed by atoms with E-state index in [0.717, 1.165) is 5.56 Å². The average Bonchev–Trinajstić information content (AvgIpc) is 2.15. The first-order chi connectivity index (χ1) is 6.89. The maximum atomic E-state index is 11.7. The van der Waals surface area contributed by atoms with Crippen LogP contribution in [0.25, 0.3) is 6.08 Å². The largest absolute Gasteiger partial charge is 0.254 e. The molecule has 0 aliphatic heterocycles. The summed E-state index contributed by atoms with van der Waals surface area (Å²) in [5.74, 6) is 0. The van der Waals surface area contributed by atoms with E-state index in [1.54, 1.807) is 5.41 Å². The van der Waals surface area contributed by atoms with Crippen LogP contribution in [0.1, 0.15) is 31.9 Å². The predicted molar refractivity (Wildman–Crippen MR) is 68.1 cm³/mol. The predicted octanol–water partition coefficient (Wildman–Crippen LogP) is 3.51. The Morgan fingerprint density at radius 3 is 2.13 bits per heavy atom. The van der Waals surface area contributed by atoms with Crippen LogP contribution < -0.4 is 0 Å². The standard InChI is InChI=1S/C13H18OS/c1-11-5-7-12(8-6-11)9-10-15(14)13(2,3)4/h5-10H,1-4H3/b10-9+. The Labute approximate surface area is 94.7 Å². The lowest BCUT2D eigenvalue weighted by atomic mass is 10.2. The third-order valence-corrected chi connectivity index (χ3v) is 3.66. The van der Waals surface area contributed by atoms with Gasteiger partial charge in [0.15, 0.2) is 0 Å². The highest BCUT2D eigenvalue weighted by Crippen LogP contribution is 2.14. The fraction of sp³-hybridized carbons (Fsp3) is 0.385. The van der Waals surface area contributed by atoms with Gasteiger partial charge in [-0.2, -0.15) is 0 Å². The summed E-state index contributed by atoms with van der Waals surface area (Å²) in [5.41, 5.74) is 2.34. The Hall–Kier alpha value is -0.890. The molecule has 0 N–H and O–H groups in total. The van der Waals surface area contributed by atoms with Gasteiger partial charge in [0.05, 0.1) is 10.8 Å². The molecule has 0 amide bonds. The molecule has 0 bridgehead atoms. The third-order valence-electron chi connectivity index (χ3n) is 2.06. The zero-order valence-electron chi connectivity index (χ0n) is 9.78. The van der Waals surface area contributed by atoms with Gasteiger partial charge in [-0.15, -0.1) is 0 Å². The molecule has 0 heterocycles. The van der Waals surface area contributed by atoms with Crippen molar-refractivity contribution in [3.63, 3.8) is 0 Å². The van der Waals surface area contributed by atoms with Gasteiger partial charge in [-0.1, -0.05) is 29.8 Å². The number of hydrogen-bond donors (Lipinski definition) is 0. The smallest absolute Gasteiger partial charge is 0.0510 e. The Morgan fingerprint density at radius 1 is 1.13 bits per heavy atom. The molecular formula is C13H18OS. The van der Waals surface area contributed by atoms with Crippen LogP contribution in [0.15, 0.2) is 29.7 Å². The Bertz CT molecular complexity index is 369. The van der Waals surface area contributed by atoms with Crippen molar-refractivity contribution in [1.82, 2.24) is 0 Å². The van der Waals surface area contributed by atoms with Gasteiger partial charge in [0.2, 0.25) is 0 Å². The van der Waals surface area contributed by atoms with E-state index in [9.17, 15) is 4.21 Å². The minimum absolute atomic E-state index is 0.179. The molecule has 82 valence electrons. The van der Waals surface area contributed by atoms with Gasteiger partial charge in [0.25, 0.3) is 0 Å². The van der Waals surface area contributed by atoms with Crippen molar-refractivity contribution in [3.8, 4) is 0 Å². The number of hydrogen-bond acceptors (Lipinski definition) is 1. The van der Waals surface area contributed by atoms with Crippen molar-refractivity contribution in [2.24, 2.45) is 0 Å². The van der Waals surface area contributed by atoms with Crippen LogP contribution in [0.2, 0.25) is 0 Å². The van der Waals surface area contributed by atoms with Crippen molar-refractivity contribution in [2.45, 2.75) is 32.4 Å². The minimum Gasteiger partial charge on any atom is -0.254 e. The summed E-state index contributed by atoms with van der Waals surface area (Å²) in [4.78, 5) is 0. The lowest BCUT2D eigenvalue weighted by Gasteiger charge is -2.13. The molecule has 0 aliphatic carbocycles. The molecule has 2 heteroatoms. The zero-order chi connectivity index (χ0) is 11.5. The molecule has 0 spiro atoms. The van der Waals surface area contributed by atoms with Crippen molar-refractivity contribution < 1.29 is 4.21 Å². The molecule has 0 radical (unpaired) electrons. The van der Waals surface area contributed by atoms with Gasteiger partial charge in [0.1, 0.15) is 0 Å². The normalized spacial score (nSPS) is 14.4. The number of benzene rings is 1. The SMILES string of the molecule is Cc1ccc(/C=C/S(=O)C(C)(C)C)cc1. The van der Waals surface area contributed by atoms with Gasteiger partial charge in [-0.05, 0) is 39.3 Å². The van der Waals surface area contributed by atoms with E-state index in [0.29, 0.717) is 0 Å². The molecule has 0 fully saturated rings. The average molecular weight is 222 g/mol. The summed E-state index contributed by atoms with van der Waals surface area (Å²) >= 11 is 0. The second-order valence-corrected chi connectivity index (χ2v) is 6.71. The summed E-state index contributed by atoms with van der Waals surface area (Å²) in [6.07, 6.45) is 1.92. The molecule has 1 nitrogen and oxygen atoms in total. The fourth-order valence-corrected chi connectivity index (χ4v) is 1.71. The highest BCUT2D eigenvalue weighted by atomic mass is 32.2. The maximum absolute atomic E-state index is 11.7. The first-order valence-corrected chi connectivity index (χ1v) is 6.26. The summed E-state index contributed by atoms with van der Waals surface area (Å²) < 4.78 is 11.5. The van der Waals surface area contributed by atoms with E-state index in [-0.39, 0.29) is 4.75 Å². The van der Waals surface area contributed by atoms with Gasteiger partial charge < -0.3 is 0 Å². The Balaban J connectivity index is 2.74. The molecule has 1 rings (SSSR count). The van der Waals surface area contributed by atoms with E-state index in [1.165, 1.54) is 5.56 Å². The lowest BCUT2D eigenvalue weighted by molar-refractivity contribution is 0.656. The molecule has 1 aromatic carbocycles. The van der Waals surface area contributed by atoms with Crippen LogP contribution in [0, 0.1) is 6.92 Å². The third kappa shape index (κ3) is 4.00. The summed E-state index contributed by atoms with van der Waals surface area (Å²) in [6.45, 7) is 7.98. The molecule has 1 atom stereocenters. The monoisotopic (exact) mass is 222 g/mol. The quantitative estimate of drug-likeness (QED) is 0.748. The molecule has 0 aromatic heterocycles. The second kappa shape index (κ2) is 4.75. The maximum Gasteiger partial charge on any atom is 0.0510 e. The zero-order valence-corrected chi connectivity index (χ0v) is 10.6. The van der Waals surface area contributed by atoms with Crippen molar-refractivity contribution >= 4 is 16.9 Å². The van der Waals surface area contributed by atoms with Gasteiger partial charge >= 0.3 is 0 Å². The number of aryl methyl sites for hydroxylation is 1. The van der Waals surface area contributed by atoms with Crippen LogP contribution in [0.3, 0.4) is 0 Å². The molecule has 0 saturated carbocycles. The van der Waals surface area contributed by atoms with Gasteiger partial charge in [-0.25, -0.2) is 0 Å². The van der Waals surface area contributed by atoms with Crippen LogP contribution in [0.4, 0.5) is 0 Å². The summed E-state index contributed by atoms with van der Waals surface area (Å²) in [6, 6.07) is 8.18. The Kier molecular flexibility index (Phi) is 3.86. The van der Waals surface area contributed by atoms with E-state index in [1.807, 2.05) is 39.0 Å². The summed E-state index contributed by atoms with van der Waals surface area (Å²) in [7, 11) is -0.924. The minimum atomic E-state index is -0.924. The van der Waals surface area contributed by atoms with E-state index < -0.39 is 10.8 Å². The first-order valence-electron chi connectivity index (χ1n) is 5.05. The molecule has 1 aromatic rings. The second-order valence-electron chi connectivity index (χ2n) is 4.62. The van der Waals surface area contributed by atoms with E-state index in [4.69, 9.17) is 0 Å². The molecular weight excluding hydrogens is 204 g/mol. The van der Waals surface area contributed by atoms with E-state index in [2.05, 4.69) is 19.1 Å². The van der Waals surface area contributed by atoms with Crippen LogP contribution >= 0.6 is 0 Å². The molecule has 15 heavy (non-hydrogen) atoms. The van der Waals surface area contributed by atoms with Crippen LogP contribution in [0.5, 0.6) is 0 Å². The summed E-state index contributed by atoms with van der Waals surface area (Å²) in [5, 5.41) is 1.77. The lowest BCUT2D eigenvalue weighted by Crippen LogP contribution is -2.19.